The van der Waals surface area contributed by atoms with Gasteiger partial charge in [0.2, 0.25) is 5.91 Å². The summed E-state index contributed by atoms with van der Waals surface area (Å²) in [5.41, 5.74) is 7.02. The van der Waals surface area contributed by atoms with Gasteiger partial charge in [-0.05, 0) is 42.0 Å². The molecule has 3 nitrogen and oxygen atoms in total. The molecule has 0 aliphatic rings. The number of nitrogens with two attached hydrogens (primary N) is 1. The molecule has 0 spiro atoms. The van der Waals surface area contributed by atoms with Crippen molar-refractivity contribution < 1.29 is 9.18 Å². The first-order valence-electron chi connectivity index (χ1n) is 5.84. The molecular weight excluding hydrogens is 279 g/mol. The average molecular weight is 291 g/mol. The number of carbonyl (C=O) groups is 1. The van der Waals surface area contributed by atoms with Crippen molar-refractivity contribution in [1.29, 1.82) is 0 Å². The van der Waals surface area contributed by atoms with Crippen molar-refractivity contribution >= 4 is 35.0 Å². The first-order chi connectivity index (χ1) is 9.54. The number of hydrogen-bond acceptors (Lipinski definition) is 2. The molecule has 0 fully saturated rings. The smallest absolute Gasteiger partial charge is 0.248 e. The first-order valence-corrected chi connectivity index (χ1v) is 6.22. The summed E-state index contributed by atoms with van der Waals surface area (Å²) in [7, 11) is 0. The van der Waals surface area contributed by atoms with Crippen LogP contribution in [0, 0.1) is 5.82 Å². The van der Waals surface area contributed by atoms with Gasteiger partial charge in [-0.3, -0.25) is 4.79 Å². The number of nitrogens with one attached hydrogen (secondary N) is 1. The Morgan fingerprint density at radius 2 is 1.90 bits per heavy atom. The van der Waals surface area contributed by atoms with Gasteiger partial charge in [-0.1, -0.05) is 23.7 Å². The molecule has 0 radical (unpaired) electrons. The standard InChI is InChI=1S/C15H12ClFN2O/c16-11-4-1-10(2-5-11)3-8-15(20)19-14-9-12(17)6-7-13(14)18/h1-9H,18H2,(H,19,20). The molecule has 0 aliphatic heterocycles. The monoisotopic (exact) mass is 290 g/mol. The van der Waals surface area contributed by atoms with Gasteiger partial charge in [-0.2, -0.15) is 0 Å². The molecule has 0 heterocycles. The van der Waals surface area contributed by atoms with Crippen molar-refractivity contribution in [2.75, 3.05) is 11.1 Å². The Balaban J connectivity index is 2.05. The predicted octanol–water partition coefficient (Wildman–Crippen LogP) is 3.71. The number of amides is 1. The average Bonchev–Trinajstić information content (AvgIpc) is 2.42. The fourth-order valence-electron chi connectivity index (χ4n) is 1.56. The molecule has 20 heavy (non-hydrogen) atoms. The maximum atomic E-state index is 13.0. The van der Waals surface area contributed by atoms with E-state index < -0.39 is 11.7 Å². The molecular formula is C15H12ClFN2O. The molecule has 0 bridgehead atoms. The van der Waals surface area contributed by atoms with Gasteiger partial charge in [0.05, 0.1) is 11.4 Å². The van der Waals surface area contributed by atoms with Crippen LogP contribution in [0.15, 0.2) is 48.5 Å². The van der Waals surface area contributed by atoms with Gasteiger partial charge in [-0.25, -0.2) is 4.39 Å². The lowest BCUT2D eigenvalue weighted by Crippen LogP contribution is -2.09. The van der Waals surface area contributed by atoms with Crippen LogP contribution in [0.5, 0.6) is 0 Å². The number of hydrogen-bond donors (Lipinski definition) is 2. The first kappa shape index (κ1) is 14.1. The lowest BCUT2D eigenvalue weighted by molar-refractivity contribution is -0.111. The van der Waals surface area contributed by atoms with Crippen molar-refractivity contribution in [3.8, 4) is 0 Å². The highest BCUT2D eigenvalue weighted by molar-refractivity contribution is 6.30. The second-order valence-electron chi connectivity index (χ2n) is 4.11. The van der Waals surface area contributed by atoms with Crippen molar-refractivity contribution in [2.45, 2.75) is 0 Å². The van der Waals surface area contributed by atoms with Crippen LogP contribution in [-0.4, -0.2) is 5.91 Å². The molecule has 2 aromatic carbocycles. The van der Waals surface area contributed by atoms with Gasteiger partial charge in [0.1, 0.15) is 5.82 Å². The molecule has 0 aromatic heterocycles. The van der Waals surface area contributed by atoms with E-state index in [0.29, 0.717) is 10.7 Å². The maximum Gasteiger partial charge on any atom is 0.248 e. The topological polar surface area (TPSA) is 55.1 Å². The lowest BCUT2D eigenvalue weighted by atomic mass is 10.2. The summed E-state index contributed by atoms with van der Waals surface area (Å²) in [6, 6.07) is 10.8. The molecule has 0 unspecified atom stereocenters. The van der Waals surface area contributed by atoms with Crippen LogP contribution in [-0.2, 0) is 4.79 Å². The number of anilines is 2. The van der Waals surface area contributed by atoms with E-state index in [1.165, 1.54) is 24.3 Å². The van der Waals surface area contributed by atoms with Gasteiger partial charge >= 0.3 is 0 Å². The lowest BCUT2D eigenvalue weighted by Gasteiger charge is -2.05. The number of nitrogen functional groups attached to an aromatic ring is 1. The number of benzene rings is 2. The number of carbonyl (C=O) groups excluding carboxylic acids is 1. The van der Waals surface area contributed by atoms with Gasteiger partial charge in [0.15, 0.2) is 0 Å². The van der Waals surface area contributed by atoms with Crippen LogP contribution < -0.4 is 11.1 Å². The van der Waals surface area contributed by atoms with E-state index >= 15 is 0 Å². The highest BCUT2D eigenvalue weighted by Gasteiger charge is 2.03. The van der Waals surface area contributed by atoms with E-state index in [0.717, 1.165) is 5.56 Å². The third-order valence-electron chi connectivity index (χ3n) is 2.57. The summed E-state index contributed by atoms with van der Waals surface area (Å²) in [6.07, 6.45) is 2.97. The fraction of sp³-hybridized carbons (Fsp3) is 0. The summed E-state index contributed by atoms with van der Waals surface area (Å²) < 4.78 is 13.0. The van der Waals surface area contributed by atoms with Crippen LogP contribution in [0.3, 0.4) is 0 Å². The third-order valence-corrected chi connectivity index (χ3v) is 2.82. The van der Waals surface area contributed by atoms with Gasteiger partial charge in [-0.15, -0.1) is 0 Å². The normalized spacial score (nSPS) is 10.7. The van der Waals surface area contributed by atoms with Crippen molar-refractivity contribution in [2.24, 2.45) is 0 Å². The Kier molecular flexibility index (Phi) is 4.38. The zero-order chi connectivity index (χ0) is 14.5. The molecule has 0 saturated carbocycles. The Morgan fingerprint density at radius 1 is 1.20 bits per heavy atom. The highest BCUT2D eigenvalue weighted by Crippen LogP contribution is 2.19. The molecule has 0 saturated heterocycles. The van der Waals surface area contributed by atoms with Crippen molar-refractivity contribution in [1.82, 2.24) is 0 Å². The van der Waals surface area contributed by atoms with Gasteiger partial charge in [0, 0.05) is 11.1 Å². The van der Waals surface area contributed by atoms with E-state index in [1.807, 2.05) is 0 Å². The van der Waals surface area contributed by atoms with E-state index in [9.17, 15) is 9.18 Å². The molecule has 0 atom stereocenters. The summed E-state index contributed by atoms with van der Waals surface area (Å²) in [6.45, 7) is 0. The SMILES string of the molecule is Nc1ccc(F)cc1NC(=O)C=Cc1ccc(Cl)cc1. The molecule has 0 aliphatic carbocycles. The van der Waals surface area contributed by atoms with E-state index in [1.54, 1.807) is 30.3 Å². The Bertz CT molecular complexity index is 653. The third kappa shape index (κ3) is 3.83. The van der Waals surface area contributed by atoms with Crippen LogP contribution in [0.25, 0.3) is 6.08 Å². The second-order valence-corrected chi connectivity index (χ2v) is 4.54. The van der Waals surface area contributed by atoms with Gasteiger partial charge < -0.3 is 11.1 Å². The fourth-order valence-corrected chi connectivity index (χ4v) is 1.68. The Morgan fingerprint density at radius 3 is 2.60 bits per heavy atom. The highest BCUT2D eigenvalue weighted by atomic mass is 35.5. The molecule has 2 aromatic rings. The minimum absolute atomic E-state index is 0.246. The van der Waals surface area contributed by atoms with E-state index in [2.05, 4.69) is 5.32 Å². The maximum absolute atomic E-state index is 13.0. The Hall–Kier alpha value is -2.33. The van der Waals surface area contributed by atoms with Crippen LogP contribution >= 0.6 is 11.6 Å². The quantitative estimate of drug-likeness (QED) is 0.669. The van der Waals surface area contributed by atoms with Crippen molar-refractivity contribution in [3.63, 3.8) is 0 Å². The summed E-state index contributed by atoms with van der Waals surface area (Å²) in [5, 5.41) is 3.14. The molecule has 1 amide bonds. The minimum atomic E-state index is -0.462. The zero-order valence-electron chi connectivity index (χ0n) is 10.4. The molecule has 5 heteroatoms. The van der Waals surface area contributed by atoms with E-state index in [-0.39, 0.29) is 5.69 Å². The minimum Gasteiger partial charge on any atom is -0.397 e. The van der Waals surface area contributed by atoms with Crippen LogP contribution in [0.1, 0.15) is 5.56 Å². The van der Waals surface area contributed by atoms with Crippen molar-refractivity contribution in [3.05, 3.63) is 64.9 Å². The number of halogens is 2. The number of rotatable bonds is 3. The largest absolute Gasteiger partial charge is 0.397 e. The summed E-state index contributed by atoms with van der Waals surface area (Å²) >= 11 is 5.76. The van der Waals surface area contributed by atoms with Crippen LogP contribution in [0.4, 0.5) is 15.8 Å². The van der Waals surface area contributed by atoms with E-state index in [4.69, 9.17) is 17.3 Å². The molecule has 2 rings (SSSR count). The Labute approximate surface area is 120 Å². The van der Waals surface area contributed by atoms with Gasteiger partial charge in [0.25, 0.3) is 0 Å². The zero-order valence-corrected chi connectivity index (χ0v) is 11.2. The summed E-state index contributed by atoms with van der Waals surface area (Å²) in [5.74, 6) is -0.853. The van der Waals surface area contributed by atoms with Crippen LogP contribution in [0.2, 0.25) is 5.02 Å². The molecule has 102 valence electrons. The summed E-state index contributed by atoms with van der Waals surface area (Å²) in [4.78, 5) is 11.7. The second kappa shape index (κ2) is 6.21. The molecule has 3 N–H and O–H groups in total. The predicted molar refractivity (Wildman–Crippen MR) is 79.9 cm³/mol.